The van der Waals surface area contributed by atoms with Gasteiger partial charge >= 0.3 is 0 Å². The number of aromatic nitrogens is 4. The number of nitrogens with zero attached hydrogens (tertiary/aromatic N) is 2. The standard InChI is InChI=1S/C44H30N4O9S3/c49-58(50,51)30-12-6-27(7-13-30)42-35-20-18-33(45-35)41(26-4-2-1-3-5-26)34-19-21-36(46-34)43(28-8-14-31(15-9-28)59(52,53)54)38-23-25-40(48-38)44(39-24-22-37(42)47-39)29-10-16-32(17-11-29)60(55,56)57/h1-25,45,48H,(H,49,50,51)(H,52,53,54)(H,55,56,57)/p-3. The van der Waals surface area contributed by atoms with Crippen LogP contribution in [0.4, 0.5) is 0 Å². The Bertz CT molecular complexity index is 3400. The third kappa shape index (κ3) is 7.28. The Morgan fingerprint density at radius 3 is 0.833 bits per heavy atom. The highest BCUT2D eigenvalue weighted by Crippen LogP contribution is 2.39. The second kappa shape index (κ2) is 14.5. The van der Waals surface area contributed by atoms with Crippen LogP contribution in [0.15, 0.2) is 142 Å². The molecule has 0 saturated heterocycles. The van der Waals surface area contributed by atoms with Crippen LogP contribution in [0, 0.1) is 0 Å². The fourth-order valence-electron chi connectivity index (χ4n) is 7.39. The fraction of sp³-hybridized carbons (Fsp3) is 0. The maximum Gasteiger partial charge on any atom is 0.124 e. The van der Waals surface area contributed by atoms with E-state index in [2.05, 4.69) is 9.97 Å². The van der Waals surface area contributed by atoms with Gasteiger partial charge in [0.2, 0.25) is 0 Å². The molecule has 60 heavy (non-hydrogen) atoms. The molecule has 7 aromatic rings. The minimum absolute atomic E-state index is 0.398. The summed E-state index contributed by atoms with van der Waals surface area (Å²) in [6, 6.07) is 33.4. The smallest absolute Gasteiger partial charge is 0.124 e. The van der Waals surface area contributed by atoms with Crippen LogP contribution in [0.2, 0.25) is 0 Å². The molecule has 9 rings (SSSR count). The second-order valence-electron chi connectivity index (χ2n) is 13.8. The van der Waals surface area contributed by atoms with Gasteiger partial charge in [-0.3, -0.25) is 0 Å². The molecule has 2 N–H and O–H groups in total. The summed E-state index contributed by atoms with van der Waals surface area (Å²) in [5.41, 5.74) is 9.11. The molecule has 0 spiro atoms. The van der Waals surface area contributed by atoms with Crippen molar-refractivity contribution in [1.82, 2.24) is 19.9 Å². The van der Waals surface area contributed by atoms with Gasteiger partial charge in [0.15, 0.2) is 0 Å². The van der Waals surface area contributed by atoms with E-state index in [1.165, 1.54) is 72.8 Å². The molecular weight excluding hydrogens is 825 g/mol. The Kier molecular flexibility index (Phi) is 9.35. The van der Waals surface area contributed by atoms with E-state index in [4.69, 9.17) is 9.97 Å². The van der Waals surface area contributed by atoms with E-state index in [0.717, 1.165) is 11.1 Å². The molecule has 13 nitrogen and oxygen atoms in total. The third-order valence-corrected chi connectivity index (χ3v) is 12.7. The first-order valence-electron chi connectivity index (χ1n) is 18.0. The van der Waals surface area contributed by atoms with Gasteiger partial charge in [-0.1, -0.05) is 66.7 Å². The Morgan fingerprint density at radius 1 is 0.333 bits per heavy atom. The Balaban J connectivity index is 1.44. The van der Waals surface area contributed by atoms with Gasteiger partial charge in [-0.15, -0.1) is 0 Å². The molecule has 4 aromatic carbocycles. The molecule has 2 aliphatic rings. The van der Waals surface area contributed by atoms with Gasteiger partial charge in [0.05, 0.1) is 37.5 Å². The predicted molar refractivity (Wildman–Crippen MR) is 224 cm³/mol. The van der Waals surface area contributed by atoms with E-state index in [9.17, 15) is 38.9 Å². The molecule has 0 radical (unpaired) electrons. The van der Waals surface area contributed by atoms with Crippen molar-refractivity contribution < 1.29 is 38.9 Å². The molecular formula is C44H27N4O9S3-3. The number of fused-ring (bicyclic) bond motifs is 8. The molecule has 0 amide bonds. The Hall–Kier alpha value is -6.79. The highest BCUT2D eigenvalue weighted by Gasteiger charge is 2.20. The minimum atomic E-state index is -4.76. The zero-order chi connectivity index (χ0) is 42.0. The van der Waals surface area contributed by atoms with Gasteiger partial charge < -0.3 is 23.6 Å². The van der Waals surface area contributed by atoms with E-state index >= 15 is 0 Å². The van der Waals surface area contributed by atoms with Gasteiger partial charge in [0, 0.05) is 44.3 Å². The lowest BCUT2D eigenvalue weighted by Crippen LogP contribution is -1.98. The highest BCUT2D eigenvalue weighted by atomic mass is 32.2. The lowest BCUT2D eigenvalue weighted by atomic mass is 10.0. The first-order valence-corrected chi connectivity index (χ1v) is 22.2. The predicted octanol–water partition coefficient (Wildman–Crippen LogP) is 8.04. The van der Waals surface area contributed by atoms with Crippen molar-refractivity contribution in [3.8, 4) is 44.5 Å². The number of rotatable bonds is 7. The zero-order valence-electron chi connectivity index (χ0n) is 30.7. The number of H-pyrrole nitrogens is 2. The summed E-state index contributed by atoms with van der Waals surface area (Å²) in [6.45, 7) is 0. The maximum atomic E-state index is 11.9. The summed E-state index contributed by atoms with van der Waals surface area (Å²) in [4.78, 5) is 16.0. The first kappa shape index (κ1) is 38.7. The van der Waals surface area contributed by atoms with Crippen molar-refractivity contribution in [2.75, 3.05) is 0 Å². The van der Waals surface area contributed by atoms with E-state index in [-0.39, 0.29) is 0 Å². The molecule has 3 aromatic heterocycles. The van der Waals surface area contributed by atoms with Crippen molar-refractivity contribution in [3.63, 3.8) is 0 Å². The molecule has 0 saturated carbocycles. The summed E-state index contributed by atoms with van der Waals surface area (Å²) in [5, 5.41) is 0. The van der Waals surface area contributed by atoms with Crippen molar-refractivity contribution in [1.29, 1.82) is 0 Å². The number of benzene rings is 4. The summed E-state index contributed by atoms with van der Waals surface area (Å²) in [5.74, 6) is 0. The van der Waals surface area contributed by atoms with E-state index in [1.54, 1.807) is 24.3 Å². The van der Waals surface area contributed by atoms with Crippen LogP contribution < -0.4 is 0 Å². The molecule has 0 aliphatic carbocycles. The molecule has 0 fully saturated rings. The number of hydrogen-bond acceptors (Lipinski definition) is 11. The molecule has 2 aliphatic heterocycles. The van der Waals surface area contributed by atoms with Gasteiger partial charge in [0.1, 0.15) is 30.4 Å². The molecule has 5 heterocycles. The zero-order valence-corrected chi connectivity index (χ0v) is 33.2. The monoisotopic (exact) mass is 851 g/mol. The topological polar surface area (TPSA) is 229 Å². The fourth-order valence-corrected chi connectivity index (χ4v) is 8.80. The van der Waals surface area contributed by atoms with Crippen LogP contribution in [0.1, 0.15) is 22.8 Å². The largest absolute Gasteiger partial charge is 0.744 e. The summed E-state index contributed by atoms with van der Waals surface area (Å²) in [7, 11) is -14.2. The molecule has 0 unspecified atom stereocenters. The van der Waals surface area contributed by atoms with Gasteiger partial charge in [-0.25, -0.2) is 35.2 Å². The van der Waals surface area contributed by atoms with Gasteiger partial charge in [0.25, 0.3) is 0 Å². The lowest BCUT2D eigenvalue weighted by molar-refractivity contribution is 0.461. The van der Waals surface area contributed by atoms with E-state index in [0.29, 0.717) is 78.2 Å². The van der Waals surface area contributed by atoms with Crippen molar-refractivity contribution in [2.24, 2.45) is 0 Å². The normalized spacial score (nSPS) is 12.8. The number of nitrogens with one attached hydrogen (secondary N) is 2. The Morgan fingerprint density at radius 2 is 0.583 bits per heavy atom. The average molecular weight is 852 g/mol. The van der Waals surface area contributed by atoms with Crippen molar-refractivity contribution in [2.45, 2.75) is 14.7 Å². The number of hydrogen-bond donors (Lipinski definition) is 2. The summed E-state index contributed by atoms with van der Waals surface area (Å²) >= 11 is 0. The van der Waals surface area contributed by atoms with Crippen molar-refractivity contribution in [3.05, 3.63) is 150 Å². The van der Waals surface area contributed by atoms with Gasteiger partial charge in [-0.05, 0) is 107 Å². The van der Waals surface area contributed by atoms with Crippen LogP contribution in [0.25, 0.3) is 90.9 Å². The first-order chi connectivity index (χ1) is 28.6. The molecule has 8 bridgehead atoms. The Labute approximate surface area is 343 Å². The quantitative estimate of drug-likeness (QED) is 0.146. The second-order valence-corrected chi connectivity index (χ2v) is 17.9. The SMILES string of the molecule is O=S(=O)([O-])c1ccc(-c2c3nc(c(-c4ccc(S(=O)(=O)[O-])cc4)c4ccc([nH]4)c(-c4ccc(S(=O)(=O)[O-])cc4)c4nc(c(-c5ccccc5)c5ccc2[nH]5)C=C4)C=C3)cc1. The van der Waals surface area contributed by atoms with Crippen LogP contribution in [0.3, 0.4) is 0 Å². The van der Waals surface area contributed by atoms with E-state index < -0.39 is 45.0 Å². The average Bonchev–Trinajstić information content (AvgIpc) is 4.06. The third-order valence-electron chi connectivity index (χ3n) is 10.1. The van der Waals surface area contributed by atoms with Crippen LogP contribution in [-0.4, -0.2) is 58.8 Å². The summed E-state index contributed by atoms with van der Waals surface area (Å²) < 4.78 is 107. The van der Waals surface area contributed by atoms with E-state index in [1.807, 2.05) is 54.6 Å². The van der Waals surface area contributed by atoms with Gasteiger partial charge in [-0.2, -0.15) is 0 Å². The van der Waals surface area contributed by atoms with Crippen LogP contribution in [-0.2, 0) is 30.4 Å². The summed E-state index contributed by atoms with van der Waals surface area (Å²) in [6.07, 6.45) is 7.23. The lowest BCUT2D eigenvalue weighted by Gasteiger charge is -2.10. The number of aromatic amines is 2. The van der Waals surface area contributed by atoms with Crippen LogP contribution in [0.5, 0.6) is 0 Å². The van der Waals surface area contributed by atoms with Crippen LogP contribution >= 0.6 is 0 Å². The minimum Gasteiger partial charge on any atom is -0.744 e. The molecule has 298 valence electrons. The maximum absolute atomic E-state index is 11.9. The van der Waals surface area contributed by atoms with Crippen molar-refractivity contribution >= 4 is 76.7 Å². The molecule has 16 heteroatoms. The highest BCUT2D eigenvalue weighted by molar-refractivity contribution is 7.86. The molecule has 0 atom stereocenters.